The number of aliphatic hydroxyl groups excluding tert-OH is 1. The third-order valence-electron chi connectivity index (χ3n) is 3.01. The molecule has 1 fully saturated rings. The molecule has 3 heteroatoms. The average molecular weight is 205 g/mol. The Morgan fingerprint density at radius 3 is 3.00 bits per heavy atom. The molecule has 0 bridgehead atoms. The minimum absolute atomic E-state index is 0.192. The van der Waals surface area contributed by atoms with E-state index >= 15 is 0 Å². The Morgan fingerprint density at radius 2 is 2.33 bits per heavy atom. The standard InChI is InChI=1S/C12H15NO2/c14-11-6-2-1-5-10(11)12(15)9-4-3-7-13-8-9/h3-4,7-8,10,12,15H,1-2,5-6H2/t10-,12-/m1/s1. The lowest BCUT2D eigenvalue weighted by molar-refractivity contribution is -0.128. The van der Waals surface area contributed by atoms with Crippen LogP contribution in [0, 0.1) is 5.92 Å². The summed E-state index contributed by atoms with van der Waals surface area (Å²) < 4.78 is 0. The fraction of sp³-hybridized carbons (Fsp3) is 0.500. The zero-order valence-corrected chi connectivity index (χ0v) is 8.60. The van der Waals surface area contributed by atoms with Crippen LogP contribution in [0.2, 0.25) is 0 Å². The first-order valence-electron chi connectivity index (χ1n) is 5.40. The Bertz CT molecular complexity index is 337. The lowest BCUT2D eigenvalue weighted by Gasteiger charge is -2.25. The smallest absolute Gasteiger partial charge is 0.138 e. The number of carbonyl (C=O) groups is 1. The van der Waals surface area contributed by atoms with Crippen molar-refractivity contribution in [1.29, 1.82) is 0 Å². The van der Waals surface area contributed by atoms with Crippen LogP contribution < -0.4 is 0 Å². The number of ketones is 1. The highest BCUT2D eigenvalue weighted by Gasteiger charge is 2.29. The molecule has 0 aliphatic heterocycles. The van der Waals surface area contributed by atoms with E-state index in [0.717, 1.165) is 24.8 Å². The van der Waals surface area contributed by atoms with Gasteiger partial charge in [0.1, 0.15) is 5.78 Å². The van der Waals surface area contributed by atoms with Crippen molar-refractivity contribution in [3.63, 3.8) is 0 Å². The molecule has 2 atom stereocenters. The van der Waals surface area contributed by atoms with Gasteiger partial charge in [-0.3, -0.25) is 9.78 Å². The zero-order chi connectivity index (χ0) is 10.7. The number of carbonyl (C=O) groups excluding carboxylic acids is 1. The Morgan fingerprint density at radius 1 is 1.47 bits per heavy atom. The van der Waals surface area contributed by atoms with Gasteiger partial charge in [-0.25, -0.2) is 0 Å². The summed E-state index contributed by atoms with van der Waals surface area (Å²) >= 11 is 0. The number of aliphatic hydroxyl groups is 1. The number of aromatic nitrogens is 1. The van der Waals surface area contributed by atoms with Gasteiger partial charge < -0.3 is 5.11 Å². The molecular weight excluding hydrogens is 190 g/mol. The van der Waals surface area contributed by atoms with E-state index in [9.17, 15) is 9.90 Å². The van der Waals surface area contributed by atoms with Crippen molar-refractivity contribution in [2.75, 3.05) is 0 Å². The van der Waals surface area contributed by atoms with Crippen molar-refractivity contribution in [2.24, 2.45) is 5.92 Å². The summed E-state index contributed by atoms with van der Waals surface area (Å²) in [5, 5.41) is 10.1. The van der Waals surface area contributed by atoms with E-state index < -0.39 is 6.10 Å². The minimum Gasteiger partial charge on any atom is -0.388 e. The summed E-state index contributed by atoms with van der Waals surface area (Å²) in [5.74, 6) is -0.0273. The zero-order valence-electron chi connectivity index (χ0n) is 8.60. The highest BCUT2D eigenvalue weighted by molar-refractivity contribution is 5.82. The van der Waals surface area contributed by atoms with Crippen molar-refractivity contribution < 1.29 is 9.90 Å². The van der Waals surface area contributed by atoms with E-state index in [1.807, 2.05) is 6.07 Å². The summed E-state index contributed by atoms with van der Waals surface area (Å²) in [7, 11) is 0. The monoisotopic (exact) mass is 205 g/mol. The molecule has 1 aliphatic rings. The van der Waals surface area contributed by atoms with Crippen molar-refractivity contribution in [3.05, 3.63) is 30.1 Å². The molecule has 0 radical (unpaired) electrons. The van der Waals surface area contributed by atoms with Crippen molar-refractivity contribution in [1.82, 2.24) is 4.98 Å². The summed E-state index contributed by atoms with van der Waals surface area (Å²) in [6.45, 7) is 0. The molecule has 3 nitrogen and oxygen atoms in total. The van der Waals surface area contributed by atoms with E-state index in [2.05, 4.69) is 4.98 Å². The van der Waals surface area contributed by atoms with E-state index in [0.29, 0.717) is 6.42 Å². The maximum Gasteiger partial charge on any atom is 0.138 e. The molecule has 1 aromatic heterocycles. The first-order valence-corrected chi connectivity index (χ1v) is 5.40. The van der Waals surface area contributed by atoms with Crippen LogP contribution >= 0.6 is 0 Å². The van der Waals surface area contributed by atoms with Gasteiger partial charge >= 0.3 is 0 Å². The number of hydrogen-bond acceptors (Lipinski definition) is 3. The largest absolute Gasteiger partial charge is 0.388 e. The normalized spacial score (nSPS) is 23.8. The highest BCUT2D eigenvalue weighted by atomic mass is 16.3. The van der Waals surface area contributed by atoms with Gasteiger partial charge in [0.2, 0.25) is 0 Å². The van der Waals surface area contributed by atoms with E-state index in [1.54, 1.807) is 18.5 Å². The second kappa shape index (κ2) is 4.53. The van der Waals surface area contributed by atoms with Crippen LogP contribution in [0.3, 0.4) is 0 Å². The van der Waals surface area contributed by atoms with Gasteiger partial charge in [-0.15, -0.1) is 0 Å². The fourth-order valence-corrected chi connectivity index (χ4v) is 2.13. The van der Waals surface area contributed by atoms with Crippen LogP contribution in [-0.2, 0) is 4.79 Å². The number of pyridine rings is 1. The van der Waals surface area contributed by atoms with E-state index in [4.69, 9.17) is 0 Å². The topological polar surface area (TPSA) is 50.2 Å². The lowest BCUT2D eigenvalue weighted by Crippen LogP contribution is -2.25. The Balaban J connectivity index is 2.13. The molecule has 1 heterocycles. The third-order valence-corrected chi connectivity index (χ3v) is 3.01. The van der Waals surface area contributed by atoms with E-state index in [1.165, 1.54) is 0 Å². The van der Waals surface area contributed by atoms with Crippen LogP contribution in [-0.4, -0.2) is 15.9 Å². The van der Waals surface area contributed by atoms with Gasteiger partial charge in [-0.2, -0.15) is 0 Å². The second-order valence-corrected chi connectivity index (χ2v) is 4.05. The summed E-state index contributed by atoms with van der Waals surface area (Å²) in [6.07, 6.45) is 6.04. The van der Waals surface area contributed by atoms with Crippen molar-refractivity contribution >= 4 is 5.78 Å². The molecular formula is C12H15NO2. The Hall–Kier alpha value is -1.22. The highest BCUT2D eigenvalue weighted by Crippen LogP contribution is 2.31. The van der Waals surface area contributed by atoms with Gasteiger partial charge in [0.05, 0.1) is 6.10 Å². The summed E-state index contributed by atoms with van der Waals surface area (Å²) in [5.41, 5.74) is 0.748. The molecule has 1 saturated carbocycles. The third kappa shape index (κ3) is 2.23. The lowest BCUT2D eigenvalue weighted by atomic mass is 9.82. The number of hydrogen-bond donors (Lipinski definition) is 1. The van der Waals surface area contributed by atoms with Crippen LogP contribution in [0.1, 0.15) is 37.4 Å². The maximum absolute atomic E-state index is 11.6. The molecule has 1 aliphatic carbocycles. The SMILES string of the molecule is O=C1CCCC[C@H]1[C@H](O)c1cccnc1. The fourth-order valence-electron chi connectivity index (χ4n) is 2.13. The average Bonchev–Trinajstić information content (AvgIpc) is 2.30. The van der Waals surface area contributed by atoms with Crippen LogP contribution in [0.4, 0.5) is 0 Å². The van der Waals surface area contributed by atoms with E-state index in [-0.39, 0.29) is 11.7 Å². The molecule has 2 rings (SSSR count). The first-order chi connectivity index (χ1) is 7.29. The molecule has 0 aromatic carbocycles. The van der Waals surface area contributed by atoms with Crippen LogP contribution in [0.15, 0.2) is 24.5 Å². The Labute approximate surface area is 89.2 Å². The molecule has 0 unspecified atom stereocenters. The summed E-state index contributed by atoms with van der Waals surface area (Å²) in [4.78, 5) is 15.6. The molecule has 1 aromatic rings. The maximum atomic E-state index is 11.6. The van der Waals surface area contributed by atoms with Gasteiger partial charge in [-0.1, -0.05) is 12.5 Å². The van der Waals surface area contributed by atoms with Crippen LogP contribution in [0.5, 0.6) is 0 Å². The first kappa shape index (κ1) is 10.3. The molecule has 0 saturated heterocycles. The van der Waals surface area contributed by atoms with Gasteiger partial charge in [0, 0.05) is 24.7 Å². The number of nitrogens with zero attached hydrogens (tertiary/aromatic N) is 1. The molecule has 15 heavy (non-hydrogen) atoms. The molecule has 1 N–H and O–H groups in total. The van der Waals surface area contributed by atoms with Crippen LogP contribution in [0.25, 0.3) is 0 Å². The van der Waals surface area contributed by atoms with Crippen molar-refractivity contribution in [3.8, 4) is 0 Å². The molecule has 80 valence electrons. The molecule has 0 spiro atoms. The van der Waals surface area contributed by atoms with Crippen molar-refractivity contribution in [2.45, 2.75) is 31.8 Å². The second-order valence-electron chi connectivity index (χ2n) is 4.05. The molecule has 0 amide bonds. The Kier molecular flexibility index (Phi) is 3.11. The minimum atomic E-state index is -0.675. The summed E-state index contributed by atoms with van der Waals surface area (Å²) in [6, 6.07) is 3.60. The number of rotatable bonds is 2. The van der Waals surface area contributed by atoms with Gasteiger partial charge in [0.15, 0.2) is 0 Å². The predicted octanol–water partition coefficient (Wildman–Crippen LogP) is 1.87. The number of Topliss-reactive ketones (excluding diaryl/α,β-unsaturated/α-hetero) is 1. The quantitative estimate of drug-likeness (QED) is 0.802. The predicted molar refractivity (Wildman–Crippen MR) is 56.2 cm³/mol. The van der Waals surface area contributed by atoms with Gasteiger partial charge in [0.25, 0.3) is 0 Å². The van der Waals surface area contributed by atoms with Gasteiger partial charge in [-0.05, 0) is 24.5 Å².